The van der Waals surface area contributed by atoms with Crippen molar-refractivity contribution < 1.29 is 14.3 Å². The average Bonchev–Trinajstić information content (AvgIpc) is 2.66. The molecule has 0 radical (unpaired) electrons. The van der Waals surface area contributed by atoms with Gasteiger partial charge < -0.3 is 10.1 Å². The predicted molar refractivity (Wildman–Crippen MR) is 114 cm³/mol. The number of rotatable bonds is 2. The third-order valence-corrected chi connectivity index (χ3v) is 3.08. The lowest BCUT2D eigenvalue weighted by atomic mass is 9.99. The Bertz CT molecular complexity index is 307. The van der Waals surface area contributed by atoms with Crippen LogP contribution < -0.4 is 5.32 Å². The van der Waals surface area contributed by atoms with E-state index in [1.807, 2.05) is 67.5 Å². The fourth-order valence-electron chi connectivity index (χ4n) is 1.85. The molecular formula is C20H43NO3S. The Morgan fingerprint density at radius 2 is 1.52 bits per heavy atom. The van der Waals surface area contributed by atoms with E-state index in [2.05, 4.69) is 5.32 Å². The summed E-state index contributed by atoms with van der Waals surface area (Å²) in [5, 5.41) is 2.54. The van der Waals surface area contributed by atoms with Crippen LogP contribution in [0.1, 0.15) is 88.0 Å². The van der Waals surface area contributed by atoms with Crippen molar-refractivity contribution in [3.8, 4) is 0 Å². The van der Waals surface area contributed by atoms with Crippen molar-refractivity contribution >= 4 is 23.0 Å². The molecule has 2 atom stereocenters. The zero-order valence-electron chi connectivity index (χ0n) is 18.3. The first-order chi connectivity index (χ1) is 12.1. The molecule has 1 amide bonds. The molecule has 0 fully saturated rings. The third kappa shape index (κ3) is 21.0. The van der Waals surface area contributed by atoms with Gasteiger partial charge in [0.1, 0.15) is 6.10 Å². The number of hydrogen-bond donors (Lipinski definition) is 1. The first-order valence-corrected chi connectivity index (χ1v) is 11.0. The highest BCUT2D eigenvalue weighted by atomic mass is 32.2. The van der Waals surface area contributed by atoms with E-state index >= 15 is 0 Å². The standard InChI is InChI=1S/C12H19NO3S.4C2H6/c1-9(14)13-10-7-5-3-4-6-8-11(10)16-12(15)17-2;4*1-2/h6,8,10-11H,3-5,7H2,1-2H3,(H,13,14);4*1-2H3/b8-6+;;;;. The predicted octanol–water partition coefficient (Wildman–Crippen LogP) is 6.59. The van der Waals surface area contributed by atoms with E-state index in [4.69, 9.17) is 4.74 Å². The molecule has 1 aliphatic rings. The van der Waals surface area contributed by atoms with Crippen molar-refractivity contribution in [1.29, 1.82) is 0 Å². The largest absolute Gasteiger partial charge is 0.448 e. The summed E-state index contributed by atoms with van der Waals surface area (Å²) in [6.45, 7) is 17.5. The van der Waals surface area contributed by atoms with Crippen LogP contribution in [0, 0.1) is 0 Å². The molecule has 0 aromatic heterocycles. The summed E-state index contributed by atoms with van der Waals surface area (Å²) >= 11 is 1.04. The van der Waals surface area contributed by atoms with Crippen molar-refractivity contribution in [1.82, 2.24) is 5.32 Å². The minimum Gasteiger partial charge on any atom is -0.448 e. The number of ether oxygens (including phenoxy) is 1. The summed E-state index contributed by atoms with van der Waals surface area (Å²) in [5.41, 5.74) is 0. The Morgan fingerprint density at radius 3 is 1.96 bits per heavy atom. The van der Waals surface area contributed by atoms with Crippen molar-refractivity contribution in [2.45, 2.75) is 100 Å². The van der Waals surface area contributed by atoms with Crippen LogP contribution in [-0.2, 0) is 9.53 Å². The molecule has 0 spiro atoms. The zero-order valence-corrected chi connectivity index (χ0v) is 19.1. The smallest absolute Gasteiger partial charge is 0.367 e. The van der Waals surface area contributed by atoms with E-state index in [0.717, 1.165) is 37.4 Å². The fourth-order valence-corrected chi connectivity index (χ4v) is 2.06. The first kappa shape index (κ1) is 31.8. The lowest BCUT2D eigenvalue weighted by Crippen LogP contribution is -2.43. The topological polar surface area (TPSA) is 55.4 Å². The van der Waals surface area contributed by atoms with Gasteiger partial charge in [0.05, 0.1) is 6.04 Å². The molecule has 1 aliphatic carbocycles. The summed E-state index contributed by atoms with van der Waals surface area (Å²) in [4.78, 5) is 22.4. The normalized spacial score (nSPS) is 19.0. The fraction of sp³-hybridized carbons (Fsp3) is 0.800. The molecule has 152 valence electrons. The van der Waals surface area contributed by atoms with Gasteiger partial charge in [-0.3, -0.25) is 4.79 Å². The SMILES string of the molecule is CC.CC.CC.CC.CSC(=O)OC1/C=C/CCCCC1NC(C)=O. The quantitative estimate of drug-likeness (QED) is 0.435. The van der Waals surface area contributed by atoms with Crippen molar-refractivity contribution in [2.75, 3.05) is 6.26 Å². The molecule has 4 nitrogen and oxygen atoms in total. The van der Waals surface area contributed by atoms with E-state index in [0.29, 0.717) is 0 Å². The number of nitrogens with one attached hydrogen (secondary N) is 1. The van der Waals surface area contributed by atoms with Crippen LogP contribution in [0.3, 0.4) is 0 Å². The summed E-state index contributed by atoms with van der Waals surface area (Å²) in [7, 11) is 0. The van der Waals surface area contributed by atoms with E-state index < -0.39 is 0 Å². The minimum atomic E-state index is -0.348. The van der Waals surface area contributed by atoms with Gasteiger partial charge in [-0.1, -0.05) is 67.9 Å². The second-order valence-electron chi connectivity index (χ2n) is 4.06. The first-order valence-electron chi connectivity index (χ1n) is 9.82. The van der Waals surface area contributed by atoms with E-state index in [9.17, 15) is 9.59 Å². The van der Waals surface area contributed by atoms with Gasteiger partial charge in [-0.05, 0) is 43.4 Å². The van der Waals surface area contributed by atoms with Gasteiger partial charge in [0.2, 0.25) is 5.91 Å². The van der Waals surface area contributed by atoms with Gasteiger partial charge in [0.25, 0.3) is 0 Å². The van der Waals surface area contributed by atoms with Gasteiger partial charge >= 0.3 is 5.30 Å². The zero-order chi connectivity index (χ0) is 20.7. The summed E-state index contributed by atoms with van der Waals surface area (Å²) < 4.78 is 5.31. The molecule has 0 aliphatic heterocycles. The molecule has 0 saturated heterocycles. The summed E-state index contributed by atoms with van der Waals surface area (Å²) in [6, 6.07) is -0.111. The van der Waals surface area contributed by atoms with Crippen molar-refractivity contribution in [3.63, 3.8) is 0 Å². The van der Waals surface area contributed by atoms with Gasteiger partial charge in [0.15, 0.2) is 0 Å². The molecule has 5 heteroatoms. The Balaban J connectivity index is -0.000000241. The molecule has 0 aromatic carbocycles. The lowest BCUT2D eigenvalue weighted by Gasteiger charge is -2.26. The molecule has 0 bridgehead atoms. The second kappa shape index (κ2) is 27.9. The maximum Gasteiger partial charge on any atom is 0.367 e. The van der Waals surface area contributed by atoms with Crippen LogP contribution >= 0.6 is 11.8 Å². The van der Waals surface area contributed by atoms with Gasteiger partial charge in [0, 0.05) is 6.92 Å². The van der Waals surface area contributed by atoms with E-state index in [-0.39, 0.29) is 23.4 Å². The molecular weight excluding hydrogens is 334 g/mol. The van der Waals surface area contributed by atoms with Gasteiger partial charge in [-0.15, -0.1) is 0 Å². The van der Waals surface area contributed by atoms with Crippen molar-refractivity contribution in [3.05, 3.63) is 12.2 Å². The highest BCUT2D eigenvalue weighted by Gasteiger charge is 2.24. The molecule has 25 heavy (non-hydrogen) atoms. The highest BCUT2D eigenvalue weighted by Crippen LogP contribution is 2.17. The number of hydrogen-bond acceptors (Lipinski definition) is 4. The molecule has 1 N–H and O–H groups in total. The van der Waals surface area contributed by atoms with Gasteiger partial charge in [-0.25, -0.2) is 4.79 Å². The summed E-state index contributed by atoms with van der Waals surface area (Å²) in [5.74, 6) is -0.0887. The minimum absolute atomic E-state index is 0.0887. The number of thioether (sulfide) groups is 1. The van der Waals surface area contributed by atoms with Crippen LogP contribution in [0.4, 0.5) is 4.79 Å². The second-order valence-corrected chi connectivity index (χ2v) is 4.80. The van der Waals surface area contributed by atoms with E-state index in [1.54, 1.807) is 6.26 Å². The number of allylic oxidation sites excluding steroid dienone is 1. The van der Waals surface area contributed by atoms with Crippen LogP contribution in [0.15, 0.2) is 12.2 Å². The third-order valence-electron chi connectivity index (χ3n) is 2.65. The number of carbonyl (C=O) groups is 2. The number of amides is 1. The van der Waals surface area contributed by atoms with Crippen LogP contribution in [0.5, 0.6) is 0 Å². The Labute approximate surface area is 161 Å². The Morgan fingerprint density at radius 1 is 1.00 bits per heavy atom. The average molecular weight is 378 g/mol. The van der Waals surface area contributed by atoms with E-state index in [1.165, 1.54) is 6.92 Å². The molecule has 2 unspecified atom stereocenters. The maximum absolute atomic E-state index is 11.3. The highest BCUT2D eigenvalue weighted by molar-refractivity contribution is 8.12. The maximum atomic E-state index is 11.3. The lowest BCUT2D eigenvalue weighted by molar-refractivity contribution is -0.120. The van der Waals surface area contributed by atoms with Crippen LogP contribution in [0.2, 0.25) is 0 Å². The van der Waals surface area contributed by atoms with Crippen LogP contribution in [0.25, 0.3) is 0 Å². The summed E-state index contributed by atoms with van der Waals surface area (Å²) in [6.07, 6.45) is 9.22. The van der Waals surface area contributed by atoms with Crippen molar-refractivity contribution in [2.24, 2.45) is 0 Å². The molecule has 0 saturated carbocycles. The number of carbonyl (C=O) groups excluding carboxylic acids is 2. The molecule has 0 heterocycles. The molecule has 1 rings (SSSR count). The van der Waals surface area contributed by atoms with Crippen LogP contribution in [-0.4, -0.2) is 29.6 Å². The Hall–Kier alpha value is -0.970. The van der Waals surface area contributed by atoms with Gasteiger partial charge in [-0.2, -0.15) is 0 Å². The Kier molecular flexibility index (Phi) is 35.4. The monoisotopic (exact) mass is 377 g/mol. The molecule has 0 aromatic rings.